The Morgan fingerprint density at radius 3 is 2.50 bits per heavy atom. The van der Waals surface area contributed by atoms with Crippen LogP contribution in [0.25, 0.3) is 0 Å². The Bertz CT molecular complexity index is 485. The number of alkyl halides is 3. The van der Waals surface area contributed by atoms with Crippen LogP contribution in [0.5, 0.6) is 0 Å². The van der Waals surface area contributed by atoms with E-state index in [1.165, 1.54) is 18.5 Å². The summed E-state index contributed by atoms with van der Waals surface area (Å²) in [6, 6.07) is 1.26. The first-order chi connectivity index (χ1) is 9.38. The Morgan fingerprint density at radius 2 is 1.95 bits per heavy atom. The molecule has 110 valence electrons. The molecule has 0 atom stereocenters. The molecule has 3 nitrogen and oxygen atoms in total. The number of aromatic nitrogens is 1. The van der Waals surface area contributed by atoms with Crippen molar-refractivity contribution in [3.63, 3.8) is 0 Å². The van der Waals surface area contributed by atoms with Crippen molar-refractivity contribution >= 4 is 17.5 Å². The zero-order valence-corrected chi connectivity index (χ0v) is 11.3. The number of hydrogen-bond donors (Lipinski definition) is 1. The van der Waals surface area contributed by atoms with Crippen molar-refractivity contribution in [1.29, 1.82) is 0 Å². The van der Waals surface area contributed by atoms with E-state index < -0.39 is 18.0 Å². The molecule has 1 aliphatic carbocycles. The molecule has 0 bridgehead atoms. The summed E-state index contributed by atoms with van der Waals surface area (Å²) in [6.45, 7) is 0. The molecule has 0 spiro atoms. The minimum atomic E-state index is -4.14. The van der Waals surface area contributed by atoms with Gasteiger partial charge in [-0.25, -0.2) is 0 Å². The molecule has 0 saturated heterocycles. The third-order valence-electron chi connectivity index (χ3n) is 3.54. The maximum absolute atomic E-state index is 12.5. The average Bonchev–Trinajstić information content (AvgIpc) is 2.38. The van der Waals surface area contributed by atoms with Crippen molar-refractivity contribution in [1.82, 2.24) is 10.3 Å². The number of amides is 1. The predicted octanol–water partition coefficient (Wildman–Crippen LogP) is 3.59. The van der Waals surface area contributed by atoms with Gasteiger partial charge in [-0.15, -0.1) is 0 Å². The van der Waals surface area contributed by atoms with Gasteiger partial charge in [0.2, 0.25) is 0 Å². The van der Waals surface area contributed by atoms with E-state index in [0.29, 0.717) is 12.8 Å². The Kier molecular flexibility index (Phi) is 4.52. The highest BCUT2D eigenvalue weighted by atomic mass is 35.5. The number of pyridine rings is 1. The number of hydrogen-bond acceptors (Lipinski definition) is 2. The van der Waals surface area contributed by atoms with Gasteiger partial charge in [-0.2, -0.15) is 13.2 Å². The first-order valence-electron chi connectivity index (χ1n) is 6.35. The van der Waals surface area contributed by atoms with Crippen LogP contribution in [0.4, 0.5) is 13.2 Å². The normalized spacial score (nSPS) is 23.4. The van der Waals surface area contributed by atoms with Crippen LogP contribution in [0.15, 0.2) is 18.5 Å². The predicted molar refractivity (Wildman–Crippen MR) is 68.5 cm³/mol. The van der Waals surface area contributed by atoms with Crippen LogP contribution in [0.3, 0.4) is 0 Å². The Hall–Kier alpha value is -1.30. The SMILES string of the molecule is O=C(NC1CCC(C(F)(F)F)CC1)c1cnccc1Cl. The highest BCUT2D eigenvalue weighted by Gasteiger charge is 2.41. The summed E-state index contributed by atoms with van der Waals surface area (Å²) in [4.78, 5) is 15.8. The number of carbonyl (C=O) groups is 1. The van der Waals surface area contributed by atoms with E-state index in [2.05, 4.69) is 10.3 Å². The van der Waals surface area contributed by atoms with Gasteiger partial charge in [0, 0.05) is 18.4 Å². The molecule has 1 aromatic heterocycles. The van der Waals surface area contributed by atoms with Crippen molar-refractivity contribution in [2.75, 3.05) is 0 Å². The molecule has 0 aromatic carbocycles. The van der Waals surface area contributed by atoms with Crippen molar-refractivity contribution in [3.8, 4) is 0 Å². The molecular weight excluding hydrogens is 293 g/mol. The zero-order valence-electron chi connectivity index (χ0n) is 10.6. The minimum Gasteiger partial charge on any atom is -0.349 e. The second kappa shape index (κ2) is 5.99. The fraction of sp³-hybridized carbons (Fsp3) is 0.538. The summed E-state index contributed by atoms with van der Waals surface area (Å²) >= 11 is 5.87. The minimum absolute atomic E-state index is 0.0508. The van der Waals surface area contributed by atoms with Crippen LogP contribution in [-0.2, 0) is 0 Å². The molecule has 1 N–H and O–H groups in total. The summed E-state index contributed by atoms with van der Waals surface area (Å²) in [5.74, 6) is -1.64. The van der Waals surface area contributed by atoms with Gasteiger partial charge in [0.1, 0.15) is 0 Å². The highest BCUT2D eigenvalue weighted by Crippen LogP contribution is 2.37. The molecule has 7 heteroatoms. The molecule has 1 heterocycles. The Morgan fingerprint density at radius 1 is 1.30 bits per heavy atom. The lowest BCUT2D eigenvalue weighted by Gasteiger charge is -2.30. The maximum atomic E-state index is 12.5. The van der Waals surface area contributed by atoms with Crippen LogP contribution in [0.1, 0.15) is 36.0 Å². The Balaban J connectivity index is 1.90. The monoisotopic (exact) mass is 306 g/mol. The summed E-state index contributed by atoms with van der Waals surface area (Å²) in [5.41, 5.74) is 0.243. The average molecular weight is 307 g/mol. The number of nitrogens with zero attached hydrogens (tertiary/aromatic N) is 1. The van der Waals surface area contributed by atoms with Gasteiger partial charge in [-0.05, 0) is 31.7 Å². The van der Waals surface area contributed by atoms with Gasteiger partial charge in [0.25, 0.3) is 5.91 Å². The van der Waals surface area contributed by atoms with Gasteiger partial charge in [-0.3, -0.25) is 9.78 Å². The van der Waals surface area contributed by atoms with E-state index >= 15 is 0 Å². The molecule has 1 fully saturated rings. The summed E-state index contributed by atoms with van der Waals surface area (Å²) in [5, 5.41) is 3.00. The van der Waals surface area contributed by atoms with E-state index in [1.807, 2.05) is 0 Å². The van der Waals surface area contributed by atoms with Crippen LogP contribution in [-0.4, -0.2) is 23.1 Å². The lowest BCUT2D eigenvalue weighted by Crippen LogP contribution is -2.40. The van der Waals surface area contributed by atoms with Crippen LogP contribution < -0.4 is 5.32 Å². The number of rotatable bonds is 2. The molecule has 0 radical (unpaired) electrons. The number of carbonyl (C=O) groups excluding carboxylic acids is 1. The number of nitrogens with one attached hydrogen (secondary N) is 1. The summed E-state index contributed by atoms with van der Waals surface area (Å²) in [7, 11) is 0. The van der Waals surface area contributed by atoms with Gasteiger partial charge in [0.15, 0.2) is 0 Å². The molecule has 0 aliphatic heterocycles. The topological polar surface area (TPSA) is 42.0 Å². The Labute approximate surface area is 119 Å². The molecule has 1 aliphatic rings. The smallest absolute Gasteiger partial charge is 0.349 e. The fourth-order valence-electron chi connectivity index (χ4n) is 2.37. The van der Waals surface area contributed by atoms with Gasteiger partial charge < -0.3 is 5.32 Å². The second-order valence-electron chi connectivity index (χ2n) is 4.92. The largest absolute Gasteiger partial charge is 0.391 e. The second-order valence-corrected chi connectivity index (χ2v) is 5.33. The number of halogens is 4. The van der Waals surface area contributed by atoms with E-state index in [9.17, 15) is 18.0 Å². The fourth-order valence-corrected chi connectivity index (χ4v) is 2.56. The maximum Gasteiger partial charge on any atom is 0.391 e. The van der Waals surface area contributed by atoms with Crippen LogP contribution >= 0.6 is 11.6 Å². The first-order valence-corrected chi connectivity index (χ1v) is 6.73. The standard InChI is InChI=1S/C13H14ClF3N2O/c14-11-5-6-18-7-10(11)12(20)19-9-3-1-8(2-4-9)13(15,16)17/h5-9H,1-4H2,(H,19,20). The highest BCUT2D eigenvalue weighted by molar-refractivity contribution is 6.33. The summed E-state index contributed by atoms with van der Waals surface area (Å²) < 4.78 is 37.6. The zero-order chi connectivity index (χ0) is 14.8. The van der Waals surface area contributed by atoms with E-state index in [-0.39, 0.29) is 29.5 Å². The van der Waals surface area contributed by atoms with Crippen molar-refractivity contribution in [2.45, 2.75) is 37.9 Å². The van der Waals surface area contributed by atoms with Gasteiger partial charge >= 0.3 is 6.18 Å². The van der Waals surface area contributed by atoms with Crippen molar-refractivity contribution < 1.29 is 18.0 Å². The third-order valence-corrected chi connectivity index (χ3v) is 3.87. The van der Waals surface area contributed by atoms with E-state index in [1.54, 1.807) is 0 Å². The lowest BCUT2D eigenvalue weighted by atomic mass is 9.85. The quantitative estimate of drug-likeness (QED) is 0.907. The molecule has 0 unspecified atom stereocenters. The van der Waals surface area contributed by atoms with E-state index in [0.717, 1.165) is 0 Å². The van der Waals surface area contributed by atoms with Crippen molar-refractivity contribution in [2.24, 2.45) is 5.92 Å². The lowest BCUT2D eigenvalue weighted by molar-refractivity contribution is -0.182. The van der Waals surface area contributed by atoms with Gasteiger partial charge in [0.05, 0.1) is 16.5 Å². The van der Waals surface area contributed by atoms with Crippen LogP contribution in [0, 0.1) is 5.92 Å². The van der Waals surface area contributed by atoms with Crippen molar-refractivity contribution in [3.05, 3.63) is 29.0 Å². The molecule has 2 rings (SSSR count). The van der Waals surface area contributed by atoms with E-state index in [4.69, 9.17) is 11.6 Å². The summed E-state index contributed by atoms with van der Waals surface area (Å²) in [6.07, 6.45) is -0.569. The van der Waals surface area contributed by atoms with Crippen LogP contribution in [0.2, 0.25) is 5.02 Å². The molecule has 1 aromatic rings. The molecule has 1 amide bonds. The van der Waals surface area contributed by atoms with Gasteiger partial charge in [-0.1, -0.05) is 11.6 Å². The third kappa shape index (κ3) is 3.62. The molecule has 20 heavy (non-hydrogen) atoms. The first kappa shape index (κ1) is 15.1. The molecule has 1 saturated carbocycles. The molecular formula is C13H14ClF3N2O.